The van der Waals surface area contributed by atoms with Crippen LogP contribution < -0.4 is 10.1 Å². The molecule has 1 aromatic heterocycles. The van der Waals surface area contributed by atoms with E-state index in [2.05, 4.69) is 15.5 Å². The number of aromatic amines is 1. The van der Waals surface area contributed by atoms with Crippen LogP contribution in [0.25, 0.3) is 0 Å². The second kappa shape index (κ2) is 7.94. The van der Waals surface area contributed by atoms with E-state index in [1.165, 1.54) is 6.92 Å². The van der Waals surface area contributed by atoms with Crippen LogP contribution in [0.5, 0.6) is 5.75 Å². The number of carbonyl (C=O) groups is 2. The molecular weight excluding hydrogens is 322 g/mol. The lowest BCUT2D eigenvalue weighted by atomic mass is 9.95. The number of nitrogens with zero attached hydrogens (tertiary/aromatic N) is 1. The maximum Gasteiger partial charge on any atom is 0.271 e. The van der Waals surface area contributed by atoms with Gasteiger partial charge >= 0.3 is 0 Å². The zero-order valence-corrected chi connectivity index (χ0v) is 14.6. The van der Waals surface area contributed by atoms with E-state index in [-0.39, 0.29) is 36.0 Å². The van der Waals surface area contributed by atoms with E-state index in [9.17, 15) is 14.7 Å². The van der Waals surface area contributed by atoms with E-state index in [1.807, 2.05) is 13.8 Å². The number of hydrogen-bond donors (Lipinski definition) is 3. The van der Waals surface area contributed by atoms with Crippen molar-refractivity contribution in [2.45, 2.75) is 27.4 Å². The quantitative estimate of drug-likeness (QED) is 0.634. The molecule has 1 heterocycles. The summed E-state index contributed by atoms with van der Waals surface area (Å²) in [6, 6.07) is 8.51. The van der Waals surface area contributed by atoms with Gasteiger partial charge in [-0.2, -0.15) is 5.10 Å². The zero-order chi connectivity index (χ0) is 18.4. The molecule has 0 aliphatic rings. The smallest absolute Gasteiger partial charge is 0.271 e. The first-order valence-corrected chi connectivity index (χ1v) is 7.98. The van der Waals surface area contributed by atoms with Crippen LogP contribution in [0.3, 0.4) is 0 Å². The van der Waals surface area contributed by atoms with Crippen LogP contribution in [0.2, 0.25) is 0 Å². The van der Waals surface area contributed by atoms with Crippen LogP contribution in [0.15, 0.2) is 30.3 Å². The molecule has 0 spiro atoms. The second-order valence-corrected chi connectivity index (χ2v) is 6.66. The minimum atomic E-state index is -0.389. The first-order chi connectivity index (χ1) is 11.8. The van der Waals surface area contributed by atoms with Crippen molar-refractivity contribution in [2.24, 2.45) is 5.41 Å². The molecule has 0 aliphatic carbocycles. The first kappa shape index (κ1) is 18.7. The lowest BCUT2D eigenvalue weighted by Crippen LogP contribution is -2.36. The molecule has 0 atom stereocenters. The predicted molar refractivity (Wildman–Crippen MR) is 92.6 cm³/mol. The third-order valence-electron chi connectivity index (χ3n) is 3.65. The topological polar surface area (TPSA) is 104 Å². The molecule has 0 radical (unpaired) electrons. The van der Waals surface area contributed by atoms with E-state index in [1.54, 1.807) is 30.3 Å². The summed E-state index contributed by atoms with van der Waals surface area (Å²) in [6.45, 7) is 5.73. The maximum atomic E-state index is 12.1. The van der Waals surface area contributed by atoms with Crippen LogP contribution in [0, 0.1) is 5.41 Å². The van der Waals surface area contributed by atoms with Gasteiger partial charge in [-0.1, -0.05) is 26.0 Å². The third kappa shape index (κ3) is 5.42. The number of benzene rings is 1. The monoisotopic (exact) mass is 345 g/mol. The largest absolute Gasteiger partial charge is 0.487 e. The van der Waals surface area contributed by atoms with Gasteiger partial charge in [0.15, 0.2) is 5.78 Å². The fourth-order valence-corrected chi connectivity index (χ4v) is 1.98. The lowest BCUT2D eigenvalue weighted by Gasteiger charge is -2.21. The summed E-state index contributed by atoms with van der Waals surface area (Å²) in [5.74, 6) is 0.220. The highest BCUT2D eigenvalue weighted by Crippen LogP contribution is 2.16. The van der Waals surface area contributed by atoms with Gasteiger partial charge in [-0.3, -0.25) is 14.7 Å². The Hall–Kier alpha value is -2.67. The van der Waals surface area contributed by atoms with Gasteiger partial charge in [-0.15, -0.1) is 0 Å². The minimum Gasteiger partial charge on any atom is -0.487 e. The molecule has 0 saturated heterocycles. The van der Waals surface area contributed by atoms with E-state index in [4.69, 9.17) is 4.74 Å². The number of ketones is 1. The number of nitrogens with one attached hydrogen (secondary N) is 2. The van der Waals surface area contributed by atoms with Gasteiger partial charge < -0.3 is 15.2 Å². The molecule has 134 valence electrons. The number of carbonyl (C=O) groups excluding carboxylic acids is 2. The summed E-state index contributed by atoms with van der Waals surface area (Å²) >= 11 is 0. The number of aromatic nitrogens is 2. The van der Waals surface area contributed by atoms with Crippen molar-refractivity contribution in [3.63, 3.8) is 0 Å². The Balaban J connectivity index is 1.92. The molecule has 2 rings (SSSR count). The summed E-state index contributed by atoms with van der Waals surface area (Å²) in [7, 11) is 0. The normalized spacial score (nSPS) is 11.2. The number of hydrogen-bond acceptors (Lipinski definition) is 5. The summed E-state index contributed by atoms with van der Waals surface area (Å²) in [5, 5.41) is 18.7. The van der Waals surface area contributed by atoms with E-state index in [0.717, 1.165) is 0 Å². The van der Waals surface area contributed by atoms with Gasteiger partial charge in [0.05, 0.1) is 5.69 Å². The molecule has 7 heteroatoms. The average Bonchev–Trinajstić information content (AvgIpc) is 3.07. The Labute approximate surface area is 146 Å². The first-order valence-electron chi connectivity index (χ1n) is 7.98. The number of aliphatic hydroxyl groups excluding tert-OH is 1. The SMILES string of the molecule is CC(=O)c1cccc(OCc2cc(C(=O)NCC(C)(C)CO)n[nH]2)c1. The molecule has 3 N–H and O–H groups in total. The van der Waals surface area contributed by atoms with Crippen LogP contribution in [0.4, 0.5) is 0 Å². The Morgan fingerprint density at radius 2 is 2.08 bits per heavy atom. The minimum absolute atomic E-state index is 0.0216. The van der Waals surface area contributed by atoms with Gasteiger partial charge in [0, 0.05) is 24.1 Å². The van der Waals surface area contributed by atoms with E-state index in [0.29, 0.717) is 23.6 Å². The van der Waals surface area contributed by atoms with Crippen molar-refractivity contribution >= 4 is 11.7 Å². The highest BCUT2D eigenvalue weighted by atomic mass is 16.5. The Morgan fingerprint density at radius 3 is 2.76 bits per heavy atom. The standard InChI is InChI=1S/C18H23N3O4/c1-12(23)13-5-4-6-15(7-13)25-9-14-8-16(21-20-14)17(24)19-10-18(2,3)11-22/h4-8,22H,9-11H2,1-3H3,(H,19,24)(H,20,21). The molecule has 0 bridgehead atoms. The fraction of sp³-hybridized carbons (Fsp3) is 0.389. The lowest BCUT2D eigenvalue weighted by molar-refractivity contribution is 0.0905. The van der Waals surface area contributed by atoms with Gasteiger partial charge in [0.2, 0.25) is 0 Å². The van der Waals surface area contributed by atoms with Gasteiger partial charge in [0.1, 0.15) is 18.1 Å². The number of rotatable bonds is 8. The highest BCUT2D eigenvalue weighted by molar-refractivity contribution is 5.94. The van der Waals surface area contributed by atoms with Gasteiger partial charge in [-0.05, 0) is 25.1 Å². The third-order valence-corrected chi connectivity index (χ3v) is 3.65. The van der Waals surface area contributed by atoms with Crippen molar-refractivity contribution in [2.75, 3.05) is 13.2 Å². The molecular formula is C18H23N3O4. The van der Waals surface area contributed by atoms with Crippen molar-refractivity contribution < 1.29 is 19.4 Å². The van der Waals surface area contributed by atoms with Crippen LogP contribution >= 0.6 is 0 Å². The number of H-pyrrole nitrogens is 1. The van der Waals surface area contributed by atoms with E-state index < -0.39 is 0 Å². The van der Waals surface area contributed by atoms with Crippen LogP contribution in [-0.4, -0.2) is 40.1 Å². The summed E-state index contributed by atoms with van der Waals surface area (Å²) < 4.78 is 5.62. The number of amides is 1. The average molecular weight is 345 g/mol. The molecule has 0 aliphatic heterocycles. The van der Waals surface area contributed by atoms with Crippen molar-refractivity contribution in [3.8, 4) is 5.75 Å². The van der Waals surface area contributed by atoms with Crippen LogP contribution in [-0.2, 0) is 6.61 Å². The molecule has 1 amide bonds. The highest BCUT2D eigenvalue weighted by Gasteiger charge is 2.19. The Kier molecular flexibility index (Phi) is 5.93. The van der Waals surface area contributed by atoms with Crippen molar-refractivity contribution in [1.82, 2.24) is 15.5 Å². The van der Waals surface area contributed by atoms with Gasteiger partial charge in [-0.25, -0.2) is 0 Å². The zero-order valence-electron chi connectivity index (χ0n) is 14.6. The molecule has 0 saturated carbocycles. The Morgan fingerprint density at radius 1 is 1.32 bits per heavy atom. The van der Waals surface area contributed by atoms with Crippen molar-refractivity contribution in [3.05, 3.63) is 47.3 Å². The molecule has 25 heavy (non-hydrogen) atoms. The summed E-state index contributed by atoms with van der Waals surface area (Å²) in [4.78, 5) is 23.4. The summed E-state index contributed by atoms with van der Waals surface area (Å²) in [6.07, 6.45) is 0. The predicted octanol–water partition coefficient (Wildman–Crippen LogP) is 1.94. The number of ether oxygens (including phenoxy) is 1. The van der Waals surface area contributed by atoms with Crippen molar-refractivity contribution in [1.29, 1.82) is 0 Å². The van der Waals surface area contributed by atoms with Crippen LogP contribution in [0.1, 0.15) is 47.3 Å². The maximum absolute atomic E-state index is 12.1. The molecule has 0 fully saturated rings. The van der Waals surface area contributed by atoms with E-state index >= 15 is 0 Å². The fourth-order valence-electron chi connectivity index (χ4n) is 1.98. The Bertz CT molecular complexity index is 752. The van der Waals surface area contributed by atoms with Gasteiger partial charge in [0.25, 0.3) is 5.91 Å². The molecule has 0 unspecified atom stereocenters. The number of Topliss-reactive ketones (excluding diaryl/α,β-unsaturated/α-hetero) is 1. The molecule has 1 aromatic carbocycles. The molecule has 7 nitrogen and oxygen atoms in total. The second-order valence-electron chi connectivity index (χ2n) is 6.66. The molecule has 2 aromatic rings. The number of aliphatic hydroxyl groups is 1. The summed E-state index contributed by atoms with van der Waals surface area (Å²) in [5.41, 5.74) is 1.08.